The topological polar surface area (TPSA) is 37.4 Å². The Morgan fingerprint density at radius 1 is 1.00 bits per heavy atom. The lowest BCUT2D eigenvalue weighted by Gasteiger charge is -2.17. The second-order valence-corrected chi connectivity index (χ2v) is 3.92. The van der Waals surface area contributed by atoms with E-state index >= 15 is 0 Å². The number of ketones is 1. The van der Waals surface area contributed by atoms with Gasteiger partial charge >= 0.3 is 0 Å². The lowest BCUT2D eigenvalue weighted by atomic mass is 10.1. The highest BCUT2D eigenvalue weighted by Gasteiger charge is 2.09. The van der Waals surface area contributed by atoms with Crippen molar-refractivity contribution in [2.24, 2.45) is 0 Å². The SMILES string of the molecule is CC(=O)c1cccc(N(C=O)c2ccccc2)c1. The molecule has 0 saturated carbocycles. The van der Waals surface area contributed by atoms with Gasteiger partial charge in [-0.15, -0.1) is 0 Å². The summed E-state index contributed by atoms with van der Waals surface area (Å²) in [6.07, 6.45) is 0.745. The first-order valence-electron chi connectivity index (χ1n) is 5.63. The van der Waals surface area contributed by atoms with Crippen LogP contribution in [0, 0.1) is 0 Å². The summed E-state index contributed by atoms with van der Waals surface area (Å²) >= 11 is 0. The van der Waals surface area contributed by atoms with Gasteiger partial charge in [0.2, 0.25) is 6.41 Å². The first-order valence-corrected chi connectivity index (χ1v) is 5.63. The van der Waals surface area contributed by atoms with Crippen molar-refractivity contribution in [3.63, 3.8) is 0 Å². The highest BCUT2D eigenvalue weighted by molar-refractivity contribution is 5.96. The zero-order valence-corrected chi connectivity index (χ0v) is 10.0. The smallest absolute Gasteiger partial charge is 0.218 e. The van der Waals surface area contributed by atoms with Crippen LogP contribution in [0.1, 0.15) is 17.3 Å². The number of rotatable bonds is 4. The van der Waals surface area contributed by atoms with Crippen molar-refractivity contribution < 1.29 is 9.59 Å². The van der Waals surface area contributed by atoms with Gasteiger partial charge in [0.15, 0.2) is 5.78 Å². The summed E-state index contributed by atoms with van der Waals surface area (Å²) in [7, 11) is 0. The molecule has 0 unspecified atom stereocenters. The molecule has 3 nitrogen and oxygen atoms in total. The maximum absolute atomic E-state index is 11.3. The second kappa shape index (κ2) is 5.27. The predicted molar refractivity (Wildman–Crippen MR) is 71.1 cm³/mol. The van der Waals surface area contributed by atoms with Crippen LogP contribution in [0.3, 0.4) is 0 Å². The van der Waals surface area contributed by atoms with Gasteiger partial charge < -0.3 is 0 Å². The number of amides is 1. The monoisotopic (exact) mass is 239 g/mol. The maximum atomic E-state index is 11.3. The van der Waals surface area contributed by atoms with E-state index in [9.17, 15) is 9.59 Å². The van der Waals surface area contributed by atoms with E-state index in [1.54, 1.807) is 24.3 Å². The standard InChI is InChI=1S/C15H13NO2/c1-12(18)13-6-5-9-15(10-13)16(11-17)14-7-3-2-4-8-14/h2-11H,1H3. The van der Waals surface area contributed by atoms with Crippen molar-refractivity contribution in [2.45, 2.75) is 6.92 Å². The molecule has 1 amide bonds. The molecule has 0 heterocycles. The minimum absolute atomic E-state index is 0.0178. The number of anilines is 2. The number of Topliss-reactive ketones (excluding diaryl/α,β-unsaturated/α-hetero) is 1. The van der Waals surface area contributed by atoms with Gasteiger partial charge in [0.1, 0.15) is 0 Å². The van der Waals surface area contributed by atoms with Crippen molar-refractivity contribution in [1.82, 2.24) is 0 Å². The number of hydrogen-bond donors (Lipinski definition) is 0. The molecule has 0 bridgehead atoms. The summed E-state index contributed by atoms with van der Waals surface area (Å²) in [5.41, 5.74) is 2.05. The second-order valence-electron chi connectivity index (χ2n) is 3.92. The van der Waals surface area contributed by atoms with Crippen molar-refractivity contribution in [3.05, 3.63) is 60.2 Å². The van der Waals surface area contributed by atoms with Crippen molar-refractivity contribution in [2.75, 3.05) is 4.90 Å². The molecule has 90 valence electrons. The molecule has 0 aliphatic rings. The zero-order chi connectivity index (χ0) is 13.0. The van der Waals surface area contributed by atoms with E-state index in [0.29, 0.717) is 11.3 Å². The summed E-state index contributed by atoms with van der Waals surface area (Å²) in [6.45, 7) is 1.51. The fourth-order valence-electron chi connectivity index (χ4n) is 1.73. The Bertz CT molecular complexity index is 564. The summed E-state index contributed by atoms with van der Waals surface area (Å²) < 4.78 is 0. The average molecular weight is 239 g/mol. The van der Waals surface area contributed by atoms with E-state index in [4.69, 9.17) is 0 Å². The third kappa shape index (κ3) is 2.46. The Morgan fingerprint density at radius 3 is 2.28 bits per heavy atom. The average Bonchev–Trinajstić information content (AvgIpc) is 2.41. The van der Waals surface area contributed by atoms with Gasteiger partial charge in [-0.3, -0.25) is 14.5 Å². The fourth-order valence-corrected chi connectivity index (χ4v) is 1.73. The lowest BCUT2D eigenvalue weighted by molar-refractivity contribution is -0.106. The van der Waals surface area contributed by atoms with Crippen LogP contribution < -0.4 is 4.90 Å². The molecule has 2 aromatic rings. The molecule has 0 aliphatic carbocycles. The van der Waals surface area contributed by atoms with E-state index in [-0.39, 0.29) is 5.78 Å². The molecule has 0 N–H and O–H groups in total. The third-order valence-corrected chi connectivity index (χ3v) is 2.67. The number of carbonyl (C=O) groups is 2. The first kappa shape index (κ1) is 12.0. The predicted octanol–water partition coefficient (Wildman–Crippen LogP) is 3.18. The van der Waals surface area contributed by atoms with Crippen LogP contribution in [0.5, 0.6) is 0 Å². The fraction of sp³-hybridized carbons (Fsp3) is 0.0667. The third-order valence-electron chi connectivity index (χ3n) is 2.67. The Labute approximate surface area is 106 Å². The van der Waals surface area contributed by atoms with Crippen LogP contribution in [0.25, 0.3) is 0 Å². The molecule has 0 spiro atoms. The van der Waals surface area contributed by atoms with Gasteiger partial charge in [-0.2, -0.15) is 0 Å². The number of carbonyl (C=O) groups excluding carboxylic acids is 2. The highest BCUT2D eigenvalue weighted by Crippen LogP contribution is 2.24. The zero-order valence-electron chi connectivity index (χ0n) is 10.0. The van der Waals surface area contributed by atoms with Gasteiger partial charge in [-0.1, -0.05) is 30.3 Å². The Hall–Kier alpha value is -2.42. The van der Waals surface area contributed by atoms with Crippen LogP contribution in [0.4, 0.5) is 11.4 Å². The van der Waals surface area contributed by atoms with Crippen LogP contribution >= 0.6 is 0 Å². The Morgan fingerprint density at radius 2 is 1.67 bits per heavy atom. The number of benzene rings is 2. The summed E-state index contributed by atoms with van der Waals surface area (Å²) in [6, 6.07) is 16.3. The molecule has 0 atom stereocenters. The van der Waals surface area contributed by atoms with Crippen LogP contribution in [-0.2, 0) is 4.79 Å². The molecular formula is C15H13NO2. The van der Waals surface area contributed by atoms with Crippen molar-refractivity contribution in [3.8, 4) is 0 Å². The molecular weight excluding hydrogens is 226 g/mol. The Balaban J connectivity index is 2.42. The normalized spacial score (nSPS) is 9.83. The molecule has 0 aliphatic heterocycles. The van der Waals surface area contributed by atoms with Crippen molar-refractivity contribution >= 4 is 23.6 Å². The maximum Gasteiger partial charge on any atom is 0.218 e. The van der Waals surface area contributed by atoms with Gasteiger partial charge in [0, 0.05) is 16.9 Å². The van der Waals surface area contributed by atoms with Gasteiger partial charge in [0.25, 0.3) is 0 Å². The van der Waals surface area contributed by atoms with E-state index in [1.807, 2.05) is 30.3 Å². The minimum Gasteiger partial charge on any atom is -0.295 e. The lowest BCUT2D eigenvalue weighted by Crippen LogP contribution is -2.14. The summed E-state index contributed by atoms with van der Waals surface area (Å²) in [5.74, 6) is -0.0178. The molecule has 18 heavy (non-hydrogen) atoms. The van der Waals surface area contributed by atoms with Gasteiger partial charge in [-0.05, 0) is 31.2 Å². The number of hydrogen-bond acceptors (Lipinski definition) is 2. The first-order chi connectivity index (χ1) is 8.72. The largest absolute Gasteiger partial charge is 0.295 e. The van der Waals surface area contributed by atoms with Crippen LogP contribution in [-0.4, -0.2) is 12.2 Å². The highest BCUT2D eigenvalue weighted by atomic mass is 16.1. The summed E-state index contributed by atoms with van der Waals surface area (Å²) in [5, 5.41) is 0. The quantitative estimate of drug-likeness (QED) is 0.607. The van der Waals surface area contributed by atoms with E-state index in [0.717, 1.165) is 12.1 Å². The van der Waals surface area contributed by atoms with Crippen LogP contribution in [0.15, 0.2) is 54.6 Å². The number of para-hydroxylation sites is 1. The molecule has 0 aromatic heterocycles. The van der Waals surface area contributed by atoms with E-state index in [2.05, 4.69) is 0 Å². The van der Waals surface area contributed by atoms with E-state index < -0.39 is 0 Å². The molecule has 2 rings (SSSR count). The molecule has 0 fully saturated rings. The molecule has 3 heteroatoms. The van der Waals surface area contributed by atoms with E-state index in [1.165, 1.54) is 11.8 Å². The molecule has 0 radical (unpaired) electrons. The Kier molecular flexibility index (Phi) is 3.53. The van der Waals surface area contributed by atoms with Gasteiger partial charge in [0.05, 0.1) is 0 Å². The van der Waals surface area contributed by atoms with Gasteiger partial charge in [-0.25, -0.2) is 0 Å². The molecule has 2 aromatic carbocycles. The summed E-state index contributed by atoms with van der Waals surface area (Å²) in [4.78, 5) is 24.1. The van der Waals surface area contributed by atoms with Crippen LogP contribution in [0.2, 0.25) is 0 Å². The molecule has 0 saturated heterocycles. The number of nitrogens with zero attached hydrogens (tertiary/aromatic N) is 1. The minimum atomic E-state index is -0.0178. The van der Waals surface area contributed by atoms with Crippen molar-refractivity contribution in [1.29, 1.82) is 0 Å².